The van der Waals surface area contributed by atoms with Crippen LogP contribution in [0.15, 0.2) is 36.4 Å². The van der Waals surface area contributed by atoms with Crippen LogP contribution in [-0.2, 0) is 6.54 Å². The summed E-state index contributed by atoms with van der Waals surface area (Å²) in [5.41, 5.74) is 2.12. The molecular formula is C17H17ClFNO. The van der Waals surface area contributed by atoms with Crippen LogP contribution >= 0.6 is 11.6 Å². The Morgan fingerprint density at radius 3 is 2.67 bits per heavy atom. The monoisotopic (exact) mass is 305 g/mol. The van der Waals surface area contributed by atoms with Crippen LogP contribution in [0.4, 0.5) is 4.39 Å². The van der Waals surface area contributed by atoms with Crippen molar-refractivity contribution in [2.24, 2.45) is 0 Å². The Kier molecular flexibility index (Phi) is 4.13. The highest BCUT2D eigenvalue weighted by Gasteiger charge is 2.20. The lowest BCUT2D eigenvalue weighted by Gasteiger charge is -2.11. The zero-order chi connectivity index (χ0) is 14.8. The van der Waals surface area contributed by atoms with Crippen molar-refractivity contribution in [1.29, 1.82) is 0 Å². The van der Waals surface area contributed by atoms with Gasteiger partial charge in [0.1, 0.15) is 11.6 Å². The molecule has 0 atom stereocenters. The molecule has 1 fully saturated rings. The SMILES string of the molecule is COc1ccc(Cl)cc1-c1ccc(CNC2CC2)cc1F. The Balaban J connectivity index is 1.89. The van der Waals surface area contributed by atoms with Crippen molar-refractivity contribution in [2.75, 3.05) is 7.11 Å². The van der Waals surface area contributed by atoms with Crippen molar-refractivity contribution in [3.63, 3.8) is 0 Å². The third-order valence-electron chi connectivity index (χ3n) is 3.66. The van der Waals surface area contributed by atoms with Gasteiger partial charge in [0.15, 0.2) is 0 Å². The molecule has 2 aromatic rings. The second kappa shape index (κ2) is 6.04. The van der Waals surface area contributed by atoms with Crippen LogP contribution in [0.3, 0.4) is 0 Å². The predicted molar refractivity (Wildman–Crippen MR) is 83.3 cm³/mol. The molecule has 110 valence electrons. The molecule has 1 N–H and O–H groups in total. The smallest absolute Gasteiger partial charge is 0.131 e. The van der Waals surface area contributed by atoms with Crippen molar-refractivity contribution >= 4 is 11.6 Å². The first kappa shape index (κ1) is 14.4. The highest BCUT2D eigenvalue weighted by atomic mass is 35.5. The minimum absolute atomic E-state index is 0.259. The lowest BCUT2D eigenvalue weighted by molar-refractivity contribution is 0.416. The largest absolute Gasteiger partial charge is 0.496 e. The van der Waals surface area contributed by atoms with E-state index in [-0.39, 0.29) is 5.82 Å². The average Bonchev–Trinajstić information content (AvgIpc) is 3.29. The highest BCUT2D eigenvalue weighted by molar-refractivity contribution is 6.31. The number of halogens is 2. The van der Waals surface area contributed by atoms with Gasteiger partial charge in [-0.2, -0.15) is 0 Å². The summed E-state index contributed by atoms with van der Waals surface area (Å²) in [6, 6.07) is 11.1. The second-order valence-electron chi connectivity index (χ2n) is 5.31. The molecule has 1 saturated carbocycles. The molecule has 3 rings (SSSR count). The average molecular weight is 306 g/mol. The van der Waals surface area contributed by atoms with E-state index >= 15 is 0 Å². The van der Waals surface area contributed by atoms with E-state index in [4.69, 9.17) is 16.3 Å². The number of benzene rings is 2. The summed E-state index contributed by atoms with van der Waals surface area (Å²) in [5, 5.41) is 3.94. The Bertz CT molecular complexity index is 655. The number of nitrogens with one attached hydrogen (secondary N) is 1. The van der Waals surface area contributed by atoms with Crippen molar-refractivity contribution in [3.8, 4) is 16.9 Å². The van der Waals surface area contributed by atoms with Gasteiger partial charge in [-0.15, -0.1) is 0 Å². The van der Waals surface area contributed by atoms with E-state index in [0.717, 1.165) is 5.56 Å². The minimum Gasteiger partial charge on any atom is -0.496 e. The number of hydrogen-bond acceptors (Lipinski definition) is 2. The first-order chi connectivity index (χ1) is 10.2. The maximum Gasteiger partial charge on any atom is 0.131 e. The molecule has 0 radical (unpaired) electrons. The Labute approximate surface area is 128 Å². The molecule has 0 aliphatic heterocycles. The first-order valence-corrected chi connectivity index (χ1v) is 7.41. The number of rotatable bonds is 5. The highest BCUT2D eigenvalue weighted by Crippen LogP contribution is 2.34. The minimum atomic E-state index is -0.259. The van der Waals surface area contributed by atoms with E-state index in [1.807, 2.05) is 6.07 Å². The van der Waals surface area contributed by atoms with Crippen molar-refractivity contribution < 1.29 is 9.13 Å². The van der Waals surface area contributed by atoms with Gasteiger partial charge in [-0.3, -0.25) is 0 Å². The van der Waals surface area contributed by atoms with Gasteiger partial charge in [0.25, 0.3) is 0 Å². The molecule has 2 aromatic carbocycles. The normalized spacial score (nSPS) is 14.2. The molecule has 1 aliphatic carbocycles. The summed E-state index contributed by atoms with van der Waals surface area (Å²) in [6.45, 7) is 0.703. The van der Waals surface area contributed by atoms with Gasteiger partial charge in [-0.05, 0) is 42.7 Å². The number of hydrogen-bond donors (Lipinski definition) is 1. The lowest BCUT2D eigenvalue weighted by atomic mass is 10.0. The second-order valence-corrected chi connectivity index (χ2v) is 5.75. The van der Waals surface area contributed by atoms with Crippen LogP contribution in [0.2, 0.25) is 5.02 Å². The third-order valence-corrected chi connectivity index (χ3v) is 3.89. The molecule has 21 heavy (non-hydrogen) atoms. The maximum absolute atomic E-state index is 14.4. The van der Waals surface area contributed by atoms with Gasteiger partial charge in [0, 0.05) is 28.7 Å². The van der Waals surface area contributed by atoms with Gasteiger partial charge >= 0.3 is 0 Å². The molecule has 1 aliphatic rings. The van der Waals surface area contributed by atoms with Crippen molar-refractivity contribution in [1.82, 2.24) is 5.32 Å². The topological polar surface area (TPSA) is 21.3 Å². The quantitative estimate of drug-likeness (QED) is 0.883. The third kappa shape index (κ3) is 3.36. The van der Waals surface area contributed by atoms with Crippen molar-refractivity contribution in [2.45, 2.75) is 25.4 Å². The Morgan fingerprint density at radius 2 is 2.00 bits per heavy atom. The zero-order valence-corrected chi connectivity index (χ0v) is 12.6. The fourth-order valence-corrected chi connectivity index (χ4v) is 2.50. The van der Waals surface area contributed by atoms with E-state index in [9.17, 15) is 4.39 Å². The van der Waals surface area contributed by atoms with Crippen LogP contribution in [0.1, 0.15) is 18.4 Å². The van der Waals surface area contributed by atoms with Crippen molar-refractivity contribution in [3.05, 3.63) is 52.8 Å². The summed E-state index contributed by atoms with van der Waals surface area (Å²) >= 11 is 6.01. The Morgan fingerprint density at radius 1 is 1.19 bits per heavy atom. The molecule has 0 heterocycles. The van der Waals surface area contributed by atoms with Gasteiger partial charge in [-0.25, -0.2) is 4.39 Å². The molecule has 2 nitrogen and oxygen atoms in total. The summed E-state index contributed by atoms with van der Waals surface area (Å²) in [7, 11) is 1.57. The molecule has 0 amide bonds. The van der Waals surface area contributed by atoms with Crippen LogP contribution in [-0.4, -0.2) is 13.2 Å². The zero-order valence-electron chi connectivity index (χ0n) is 11.8. The van der Waals surface area contributed by atoms with E-state index in [0.29, 0.717) is 34.5 Å². The van der Waals surface area contributed by atoms with Gasteiger partial charge in [0.2, 0.25) is 0 Å². The molecule has 0 unspecified atom stereocenters. The fraction of sp³-hybridized carbons (Fsp3) is 0.294. The number of ether oxygens (including phenoxy) is 1. The lowest BCUT2D eigenvalue weighted by Crippen LogP contribution is -2.15. The maximum atomic E-state index is 14.4. The van der Waals surface area contributed by atoms with Crippen LogP contribution in [0.25, 0.3) is 11.1 Å². The molecular weight excluding hydrogens is 289 g/mol. The van der Waals surface area contributed by atoms with Crippen LogP contribution in [0.5, 0.6) is 5.75 Å². The van der Waals surface area contributed by atoms with Crippen LogP contribution in [0, 0.1) is 5.82 Å². The van der Waals surface area contributed by atoms with Gasteiger partial charge in [0.05, 0.1) is 7.11 Å². The van der Waals surface area contributed by atoms with Gasteiger partial charge in [-0.1, -0.05) is 23.7 Å². The Hall–Kier alpha value is -1.58. The predicted octanol–water partition coefficient (Wildman–Crippen LogP) is 4.41. The van der Waals surface area contributed by atoms with Crippen LogP contribution < -0.4 is 10.1 Å². The van der Waals surface area contributed by atoms with Gasteiger partial charge < -0.3 is 10.1 Å². The molecule has 4 heteroatoms. The molecule has 0 saturated heterocycles. The molecule has 0 spiro atoms. The molecule has 0 bridgehead atoms. The summed E-state index contributed by atoms with van der Waals surface area (Å²) < 4.78 is 19.7. The summed E-state index contributed by atoms with van der Waals surface area (Å²) in [4.78, 5) is 0. The van der Waals surface area contributed by atoms with E-state index in [2.05, 4.69) is 5.32 Å². The molecule has 0 aromatic heterocycles. The summed E-state index contributed by atoms with van der Waals surface area (Å²) in [6.07, 6.45) is 2.44. The first-order valence-electron chi connectivity index (χ1n) is 7.03. The standard InChI is InChI=1S/C17H17ClFNO/c1-21-17-7-3-12(18)9-15(17)14-6-2-11(8-16(14)19)10-20-13-4-5-13/h2-3,6-9,13,20H,4-5,10H2,1H3. The number of methoxy groups -OCH3 is 1. The van der Waals surface area contributed by atoms with E-state index in [1.54, 1.807) is 37.4 Å². The van der Waals surface area contributed by atoms with E-state index < -0.39 is 0 Å². The summed E-state index contributed by atoms with van der Waals surface area (Å²) in [5.74, 6) is 0.354. The van der Waals surface area contributed by atoms with E-state index in [1.165, 1.54) is 12.8 Å². The fourth-order valence-electron chi connectivity index (χ4n) is 2.33.